The van der Waals surface area contributed by atoms with Crippen molar-refractivity contribution in [2.45, 2.75) is 26.2 Å². The third-order valence-corrected chi connectivity index (χ3v) is 4.90. The summed E-state index contributed by atoms with van der Waals surface area (Å²) in [6.07, 6.45) is 1.81. The van der Waals surface area contributed by atoms with Crippen molar-refractivity contribution in [3.63, 3.8) is 0 Å². The van der Waals surface area contributed by atoms with E-state index >= 15 is 0 Å². The van der Waals surface area contributed by atoms with Crippen LogP contribution in [0.2, 0.25) is 0 Å². The molecule has 0 bridgehead atoms. The van der Waals surface area contributed by atoms with Gasteiger partial charge in [-0.15, -0.1) is 17.5 Å². The molecule has 3 N–H and O–H groups in total. The van der Waals surface area contributed by atoms with E-state index in [0.717, 1.165) is 24.2 Å². The van der Waals surface area contributed by atoms with Gasteiger partial charge in [-0.05, 0) is 31.9 Å². The van der Waals surface area contributed by atoms with Crippen molar-refractivity contribution in [1.29, 1.82) is 0 Å². The van der Waals surface area contributed by atoms with Crippen molar-refractivity contribution < 1.29 is 9.59 Å². The molecule has 1 fully saturated rings. The number of carbonyl (C=O) groups is 2. The van der Waals surface area contributed by atoms with E-state index in [-0.39, 0.29) is 36.6 Å². The molecule has 1 aromatic carbocycles. The van der Waals surface area contributed by atoms with Crippen LogP contribution in [0.15, 0.2) is 30.3 Å². The molecule has 0 radical (unpaired) electrons. The molecule has 9 heteroatoms. The Morgan fingerprint density at radius 2 is 2.04 bits per heavy atom. The average Bonchev–Trinajstić information content (AvgIpc) is 3.07. The zero-order valence-electron chi connectivity index (χ0n) is 16.0. The lowest BCUT2D eigenvalue weighted by molar-refractivity contribution is -0.135. The Hall–Kier alpha value is -2.45. The summed E-state index contributed by atoms with van der Waals surface area (Å²) >= 11 is 0. The predicted octanol–water partition coefficient (Wildman–Crippen LogP) is 0.854. The summed E-state index contributed by atoms with van der Waals surface area (Å²) in [5, 5.41) is 11.2. The lowest BCUT2D eigenvalue weighted by Crippen LogP contribution is -2.46. The molecule has 1 atom stereocenters. The topological polar surface area (TPSA) is 106 Å². The number of amides is 2. The number of piperidine rings is 1. The summed E-state index contributed by atoms with van der Waals surface area (Å²) in [5.41, 5.74) is 7.86. The second-order valence-corrected chi connectivity index (χ2v) is 6.80. The minimum Gasteiger partial charge on any atom is -0.355 e. The van der Waals surface area contributed by atoms with Crippen molar-refractivity contribution in [3.8, 4) is 5.69 Å². The molecule has 8 nitrogen and oxygen atoms in total. The first-order valence-corrected chi connectivity index (χ1v) is 9.32. The Balaban J connectivity index is 0.00000280. The van der Waals surface area contributed by atoms with E-state index in [2.05, 4.69) is 15.6 Å². The molecule has 152 valence electrons. The Kier molecular flexibility index (Phi) is 7.95. The maximum atomic E-state index is 12.7. The third-order valence-electron chi connectivity index (χ3n) is 4.90. The number of hydrogen-bond donors (Lipinski definition) is 2. The molecule has 1 unspecified atom stereocenters. The van der Waals surface area contributed by atoms with Crippen LogP contribution in [0.5, 0.6) is 0 Å². The first-order valence-electron chi connectivity index (χ1n) is 9.32. The minimum atomic E-state index is -0.171. The van der Waals surface area contributed by atoms with E-state index in [1.54, 1.807) is 9.58 Å². The van der Waals surface area contributed by atoms with Gasteiger partial charge in [0.2, 0.25) is 11.8 Å². The highest BCUT2D eigenvalue weighted by atomic mass is 35.5. The summed E-state index contributed by atoms with van der Waals surface area (Å²) < 4.78 is 1.74. The van der Waals surface area contributed by atoms with Crippen LogP contribution in [0.1, 0.15) is 24.2 Å². The number of carbonyl (C=O) groups excluding carboxylic acids is 2. The lowest BCUT2D eigenvalue weighted by atomic mass is 9.96. The highest BCUT2D eigenvalue weighted by molar-refractivity contribution is 5.85. The third kappa shape index (κ3) is 5.08. The Morgan fingerprint density at radius 3 is 2.75 bits per heavy atom. The normalized spacial score (nSPS) is 16.4. The number of halogens is 1. The van der Waals surface area contributed by atoms with Crippen LogP contribution in [0.3, 0.4) is 0 Å². The summed E-state index contributed by atoms with van der Waals surface area (Å²) in [4.78, 5) is 26.7. The molecule has 0 spiro atoms. The van der Waals surface area contributed by atoms with Crippen LogP contribution in [0, 0.1) is 12.8 Å². The van der Waals surface area contributed by atoms with Crippen molar-refractivity contribution in [2.75, 3.05) is 26.2 Å². The molecule has 2 heterocycles. The average molecular weight is 407 g/mol. The zero-order chi connectivity index (χ0) is 19.2. The van der Waals surface area contributed by atoms with Gasteiger partial charge in [0.05, 0.1) is 29.4 Å². The van der Waals surface area contributed by atoms with Crippen molar-refractivity contribution in [3.05, 3.63) is 41.7 Å². The largest absolute Gasteiger partial charge is 0.355 e. The number of benzene rings is 1. The van der Waals surface area contributed by atoms with Gasteiger partial charge in [-0.2, -0.15) is 0 Å². The summed E-state index contributed by atoms with van der Waals surface area (Å²) in [6.45, 7) is 3.91. The SMILES string of the molecule is Cc1c(CC(=O)N2CCCC(C(=O)NCCN)C2)nnn1-c1ccccc1.Cl. The van der Waals surface area contributed by atoms with Gasteiger partial charge in [0, 0.05) is 26.2 Å². The van der Waals surface area contributed by atoms with Gasteiger partial charge in [-0.1, -0.05) is 23.4 Å². The zero-order valence-corrected chi connectivity index (χ0v) is 16.8. The van der Waals surface area contributed by atoms with Crippen LogP contribution in [-0.2, 0) is 16.0 Å². The Labute approximate surface area is 170 Å². The maximum Gasteiger partial charge on any atom is 0.228 e. The number of nitrogens with zero attached hydrogens (tertiary/aromatic N) is 4. The van der Waals surface area contributed by atoms with Gasteiger partial charge in [-0.25, -0.2) is 4.68 Å². The summed E-state index contributed by atoms with van der Waals surface area (Å²) in [7, 11) is 0. The first kappa shape index (κ1) is 21.8. The van der Waals surface area contributed by atoms with E-state index in [9.17, 15) is 9.59 Å². The molecule has 28 heavy (non-hydrogen) atoms. The fourth-order valence-electron chi connectivity index (χ4n) is 3.35. The van der Waals surface area contributed by atoms with Crippen LogP contribution in [0.4, 0.5) is 0 Å². The molecular formula is C19H27ClN6O2. The minimum absolute atomic E-state index is 0. The van der Waals surface area contributed by atoms with Gasteiger partial charge in [-0.3, -0.25) is 9.59 Å². The molecule has 1 aromatic heterocycles. The number of nitrogens with one attached hydrogen (secondary N) is 1. The second kappa shape index (κ2) is 10.2. The molecule has 1 saturated heterocycles. The number of hydrogen-bond acceptors (Lipinski definition) is 5. The van der Waals surface area contributed by atoms with Crippen molar-refractivity contribution >= 4 is 24.2 Å². The highest BCUT2D eigenvalue weighted by Gasteiger charge is 2.29. The fraction of sp³-hybridized carbons (Fsp3) is 0.474. The number of para-hydroxylation sites is 1. The number of aromatic nitrogens is 3. The van der Waals surface area contributed by atoms with E-state index in [1.165, 1.54) is 0 Å². The van der Waals surface area contributed by atoms with Crippen LogP contribution in [0.25, 0.3) is 5.69 Å². The molecule has 1 aliphatic heterocycles. The van der Waals surface area contributed by atoms with E-state index < -0.39 is 0 Å². The monoisotopic (exact) mass is 406 g/mol. The van der Waals surface area contributed by atoms with E-state index in [1.807, 2.05) is 37.3 Å². The van der Waals surface area contributed by atoms with Crippen molar-refractivity contribution in [2.24, 2.45) is 11.7 Å². The maximum absolute atomic E-state index is 12.7. The highest BCUT2D eigenvalue weighted by Crippen LogP contribution is 2.19. The smallest absolute Gasteiger partial charge is 0.228 e. The molecule has 0 aliphatic carbocycles. The van der Waals surface area contributed by atoms with Gasteiger partial charge < -0.3 is 16.0 Å². The summed E-state index contributed by atoms with van der Waals surface area (Å²) in [5.74, 6) is -0.214. The molecule has 2 aromatic rings. The number of likely N-dealkylation sites (tertiary alicyclic amines) is 1. The van der Waals surface area contributed by atoms with Gasteiger partial charge >= 0.3 is 0 Å². The van der Waals surface area contributed by atoms with Crippen molar-refractivity contribution in [1.82, 2.24) is 25.2 Å². The Bertz CT molecular complexity index is 795. The standard InChI is InChI=1S/C19H26N6O2.ClH/c1-14-17(22-23-25(14)16-7-3-2-4-8-16)12-18(26)24-11-5-6-15(13-24)19(27)21-10-9-20;/h2-4,7-8,15H,5-6,9-13,20H2,1H3,(H,21,27);1H. The predicted molar refractivity (Wildman–Crippen MR) is 108 cm³/mol. The molecule has 1 aliphatic rings. The van der Waals surface area contributed by atoms with Crippen LogP contribution in [-0.4, -0.2) is 57.9 Å². The Morgan fingerprint density at radius 1 is 1.29 bits per heavy atom. The van der Waals surface area contributed by atoms with Crippen LogP contribution < -0.4 is 11.1 Å². The van der Waals surface area contributed by atoms with Gasteiger partial charge in [0.25, 0.3) is 0 Å². The fourth-order valence-corrected chi connectivity index (χ4v) is 3.35. The van der Waals surface area contributed by atoms with Gasteiger partial charge in [0.1, 0.15) is 0 Å². The lowest BCUT2D eigenvalue weighted by Gasteiger charge is -2.32. The molecular weight excluding hydrogens is 380 g/mol. The number of rotatable bonds is 6. The number of nitrogens with two attached hydrogens (primary N) is 1. The molecule has 2 amide bonds. The summed E-state index contributed by atoms with van der Waals surface area (Å²) in [6, 6.07) is 9.71. The van der Waals surface area contributed by atoms with Gasteiger partial charge in [0.15, 0.2) is 0 Å². The van der Waals surface area contributed by atoms with Crippen LogP contribution >= 0.6 is 12.4 Å². The van der Waals surface area contributed by atoms with E-state index in [4.69, 9.17) is 5.73 Å². The quantitative estimate of drug-likeness (QED) is 0.739. The second-order valence-electron chi connectivity index (χ2n) is 6.80. The van der Waals surface area contributed by atoms with E-state index in [0.29, 0.717) is 31.9 Å². The molecule has 0 saturated carbocycles. The first-order chi connectivity index (χ1) is 13.1. The molecule has 3 rings (SSSR count).